The van der Waals surface area contributed by atoms with Gasteiger partial charge in [-0.2, -0.15) is 0 Å². The zero-order valence-corrected chi connectivity index (χ0v) is 10.5. The summed E-state index contributed by atoms with van der Waals surface area (Å²) >= 11 is 0. The van der Waals surface area contributed by atoms with Crippen LogP contribution in [0.2, 0.25) is 0 Å². The van der Waals surface area contributed by atoms with Crippen LogP contribution in [0.1, 0.15) is 17.7 Å². The van der Waals surface area contributed by atoms with Crippen LogP contribution in [0.3, 0.4) is 0 Å². The second-order valence-electron chi connectivity index (χ2n) is 4.50. The fourth-order valence-electron chi connectivity index (χ4n) is 2.49. The molecule has 0 fully saturated rings. The maximum atomic E-state index is 10.9. The van der Waals surface area contributed by atoms with Gasteiger partial charge in [-0.1, -0.05) is 12.2 Å². The van der Waals surface area contributed by atoms with Gasteiger partial charge in [0.25, 0.3) is 5.69 Å². The van der Waals surface area contributed by atoms with E-state index < -0.39 is 0 Å². The van der Waals surface area contributed by atoms with E-state index in [0.717, 1.165) is 40.7 Å². The third-order valence-corrected chi connectivity index (χ3v) is 3.38. The van der Waals surface area contributed by atoms with Gasteiger partial charge in [0.2, 0.25) is 0 Å². The minimum atomic E-state index is -0.381. The molecule has 2 aromatic rings. The monoisotopic (exact) mass is 255 g/mol. The molecule has 0 atom stereocenters. The number of nitro benzene ring substituents is 1. The van der Waals surface area contributed by atoms with Crippen molar-refractivity contribution in [2.24, 2.45) is 0 Å². The number of nitrogens with zero attached hydrogens (tertiary/aromatic N) is 2. The Bertz CT molecular complexity index is 707. The van der Waals surface area contributed by atoms with Crippen molar-refractivity contribution in [2.45, 2.75) is 12.8 Å². The molecular formula is C14H13N3O2. The summed E-state index contributed by atoms with van der Waals surface area (Å²) in [6.07, 6.45) is 6.04. The normalized spacial score (nSPS) is 13.3. The summed E-state index contributed by atoms with van der Waals surface area (Å²) in [5, 5.41) is 14.8. The second kappa shape index (κ2) is 4.35. The molecule has 19 heavy (non-hydrogen) atoms. The van der Waals surface area contributed by atoms with Gasteiger partial charge in [0.1, 0.15) is 0 Å². The molecule has 3 rings (SSSR count). The van der Waals surface area contributed by atoms with Crippen molar-refractivity contribution < 1.29 is 4.92 Å². The van der Waals surface area contributed by atoms with Crippen LogP contribution in [0.25, 0.3) is 17.0 Å². The van der Waals surface area contributed by atoms with Crippen molar-refractivity contribution in [1.82, 2.24) is 4.98 Å². The predicted octanol–water partition coefficient (Wildman–Crippen LogP) is 3.14. The Morgan fingerprint density at radius 3 is 3.00 bits per heavy atom. The maximum absolute atomic E-state index is 10.9. The fraction of sp³-hybridized carbons (Fsp3) is 0.214. The number of nitrogens with one attached hydrogen (secondary N) is 1. The van der Waals surface area contributed by atoms with E-state index in [1.54, 1.807) is 12.1 Å². The van der Waals surface area contributed by atoms with Crippen LogP contribution in [0.15, 0.2) is 24.3 Å². The van der Waals surface area contributed by atoms with E-state index in [2.05, 4.69) is 16.4 Å². The Hall–Kier alpha value is -2.43. The molecule has 0 spiro atoms. The number of anilines is 1. The van der Waals surface area contributed by atoms with Crippen LogP contribution in [-0.4, -0.2) is 17.0 Å². The van der Waals surface area contributed by atoms with E-state index in [4.69, 9.17) is 0 Å². The quantitative estimate of drug-likeness (QED) is 0.661. The van der Waals surface area contributed by atoms with Crippen LogP contribution < -0.4 is 5.32 Å². The van der Waals surface area contributed by atoms with Gasteiger partial charge in [0.05, 0.1) is 21.8 Å². The molecule has 0 saturated carbocycles. The number of hydrogen-bond donors (Lipinski definition) is 1. The standard InChI is InChI=1S/C14H13N3O2/c1-15-14-10-4-2-3-5-12(10)16-13-7-6-9(17(18)19)8-11(13)14/h2,4,6-8H,3,5H2,1H3,(H,15,16). The highest BCUT2D eigenvalue weighted by Gasteiger charge is 2.16. The summed E-state index contributed by atoms with van der Waals surface area (Å²) in [6.45, 7) is 0. The minimum Gasteiger partial charge on any atom is -0.387 e. The maximum Gasteiger partial charge on any atom is 0.270 e. The third-order valence-electron chi connectivity index (χ3n) is 3.38. The highest BCUT2D eigenvalue weighted by Crippen LogP contribution is 2.33. The number of pyridine rings is 1. The number of allylic oxidation sites excluding steroid dienone is 1. The second-order valence-corrected chi connectivity index (χ2v) is 4.50. The first-order valence-corrected chi connectivity index (χ1v) is 6.16. The Labute approximate surface area is 110 Å². The van der Waals surface area contributed by atoms with Gasteiger partial charge in [-0.25, -0.2) is 0 Å². The van der Waals surface area contributed by atoms with Crippen LogP contribution in [-0.2, 0) is 6.42 Å². The smallest absolute Gasteiger partial charge is 0.270 e. The summed E-state index contributed by atoms with van der Waals surface area (Å²) in [5.74, 6) is 0. The first-order valence-electron chi connectivity index (χ1n) is 6.16. The summed E-state index contributed by atoms with van der Waals surface area (Å²) in [5.41, 5.74) is 3.89. The number of fused-ring (bicyclic) bond motifs is 2. The largest absolute Gasteiger partial charge is 0.387 e. The Balaban J connectivity index is 2.35. The van der Waals surface area contributed by atoms with Crippen LogP contribution in [0.5, 0.6) is 0 Å². The number of nitro groups is 1. The van der Waals surface area contributed by atoms with Gasteiger partial charge in [0.15, 0.2) is 0 Å². The van der Waals surface area contributed by atoms with Crippen molar-refractivity contribution in [2.75, 3.05) is 12.4 Å². The van der Waals surface area contributed by atoms with E-state index in [9.17, 15) is 10.1 Å². The van der Waals surface area contributed by atoms with E-state index in [-0.39, 0.29) is 10.6 Å². The molecule has 0 amide bonds. The van der Waals surface area contributed by atoms with Crippen molar-refractivity contribution in [3.05, 3.63) is 45.6 Å². The molecule has 0 aliphatic heterocycles. The van der Waals surface area contributed by atoms with Crippen molar-refractivity contribution in [3.8, 4) is 0 Å². The summed E-state index contributed by atoms with van der Waals surface area (Å²) < 4.78 is 0. The lowest BCUT2D eigenvalue weighted by Gasteiger charge is -2.16. The zero-order chi connectivity index (χ0) is 13.4. The Morgan fingerprint density at radius 1 is 1.42 bits per heavy atom. The molecule has 0 unspecified atom stereocenters. The van der Waals surface area contributed by atoms with Gasteiger partial charge in [-0.15, -0.1) is 0 Å². The summed E-state index contributed by atoms with van der Waals surface area (Å²) in [4.78, 5) is 15.1. The van der Waals surface area contributed by atoms with Crippen LogP contribution in [0.4, 0.5) is 11.4 Å². The lowest BCUT2D eigenvalue weighted by Crippen LogP contribution is -2.04. The molecule has 5 nitrogen and oxygen atoms in total. The van der Waals surface area contributed by atoms with Gasteiger partial charge in [-0.05, 0) is 18.9 Å². The van der Waals surface area contributed by atoms with E-state index in [1.807, 2.05) is 13.1 Å². The van der Waals surface area contributed by atoms with Gasteiger partial charge >= 0.3 is 0 Å². The lowest BCUT2D eigenvalue weighted by molar-refractivity contribution is -0.384. The van der Waals surface area contributed by atoms with Crippen LogP contribution >= 0.6 is 0 Å². The number of aromatic nitrogens is 1. The highest BCUT2D eigenvalue weighted by atomic mass is 16.6. The topological polar surface area (TPSA) is 68.1 Å². The molecule has 1 aromatic carbocycles. The number of benzene rings is 1. The van der Waals surface area contributed by atoms with Crippen molar-refractivity contribution in [1.29, 1.82) is 0 Å². The van der Waals surface area contributed by atoms with E-state index in [1.165, 1.54) is 6.07 Å². The number of rotatable bonds is 2. The van der Waals surface area contributed by atoms with E-state index in [0.29, 0.717) is 0 Å². The third kappa shape index (κ3) is 1.83. The Morgan fingerprint density at radius 2 is 2.26 bits per heavy atom. The average Bonchev–Trinajstić information content (AvgIpc) is 2.44. The molecular weight excluding hydrogens is 242 g/mol. The van der Waals surface area contributed by atoms with Crippen molar-refractivity contribution in [3.63, 3.8) is 0 Å². The average molecular weight is 255 g/mol. The number of aryl methyl sites for hydroxylation is 1. The van der Waals surface area contributed by atoms with Gasteiger partial charge in [-0.3, -0.25) is 15.1 Å². The first kappa shape index (κ1) is 11.6. The number of non-ortho nitro benzene ring substituents is 1. The molecule has 0 bridgehead atoms. The van der Waals surface area contributed by atoms with Crippen molar-refractivity contribution >= 4 is 28.4 Å². The lowest BCUT2D eigenvalue weighted by atomic mass is 9.98. The number of hydrogen-bond acceptors (Lipinski definition) is 4. The Kier molecular flexibility index (Phi) is 2.67. The van der Waals surface area contributed by atoms with Gasteiger partial charge < -0.3 is 5.32 Å². The molecule has 1 aliphatic carbocycles. The predicted molar refractivity (Wildman–Crippen MR) is 75.3 cm³/mol. The molecule has 1 N–H and O–H groups in total. The molecule has 96 valence electrons. The highest BCUT2D eigenvalue weighted by molar-refractivity contribution is 5.97. The van der Waals surface area contributed by atoms with Crippen LogP contribution in [0, 0.1) is 10.1 Å². The summed E-state index contributed by atoms with van der Waals surface area (Å²) in [7, 11) is 1.83. The minimum absolute atomic E-state index is 0.0885. The zero-order valence-electron chi connectivity index (χ0n) is 10.5. The summed E-state index contributed by atoms with van der Waals surface area (Å²) in [6, 6.07) is 4.80. The van der Waals surface area contributed by atoms with Gasteiger partial charge in [0, 0.05) is 30.1 Å². The molecule has 5 heteroatoms. The molecule has 1 aliphatic rings. The molecule has 0 radical (unpaired) electrons. The molecule has 0 saturated heterocycles. The SMILES string of the molecule is CNc1c2c(nc3ccc([N+](=O)[O-])cc13)CCC=C2. The molecule has 1 heterocycles. The first-order chi connectivity index (χ1) is 9.20. The van der Waals surface area contributed by atoms with E-state index >= 15 is 0 Å². The fourth-order valence-corrected chi connectivity index (χ4v) is 2.49. The molecule has 1 aromatic heterocycles.